The first-order valence-electron chi connectivity index (χ1n) is 4.36. The maximum absolute atomic E-state index is 11.1. The Morgan fingerprint density at radius 3 is 2.92 bits per heavy atom. The second-order valence-corrected chi connectivity index (χ2v) is 2.87. The number of rotatable bonds is 3. The van der Waals surface area contributed by atoms with Gasteiger partial charge in [0.2, 0.25) is 0 Å². The summed E-state index contributed by atoms with van der Waals surface area (Å²) in [4.78, 5) is 11.1. The van der Waals surface area contributed by atoms with E-state index in [4.69, 9.17) is 0 Å². The van der Waals surface area contributed by atoms with Crippen molar-refractivity contribution >= 4 is 5.97 Å². The summed E-state index contributed by atoms with van der Waals surface area (Å²) in [6.45, 7) is 2.10. The van der Waals surface area contributed by atoms with Gasteiger partial charge in [-0.2, -0.15) is 0 Å². The van der Waals surface area contributed by atoms with Gasteiger partial charge in [0.15, 0.2) is 0 Å². The molecule has 0 saturated heterocycles. The van der Waals surface area contributed by atoms with Gasteiger partial charge in [-0.1, -0.05) is 19.4 Å². The van der Waals surface area contributed by atoms with Gasteiger partial charge in [0.25, 0.3) is 0 Å². The lowest BCUT2D eigenvalue weighted by Gasteiger charge is -2.01. The first-order chi connectivity index (χ1) is 6.27. The minimum atomic E-state index is -0.297. The van der Waals surface area contributed by atoms with Gasteiger partial charge >= 0.3 is 5.97 Å². The van der Waals surface area contributed by atoms with Gasteiger partial charge in [-0.05, 0) is 30.2 Å². The largest absolute Gasteiger partial charge is 0.465 e. The van der Waals surface area contributed by atoms with Crippen LogP contribution in [0.2, 0.25) is 0 Å². The SMILES string of the molecule is CCCc1c[c]cc(C(=O)OC)c1. The Bertz CT molecular complexity index is 292. The third-order valence-corrected chi connectivity index (χ3v) is 1.81. The summed E-state index contributed by atoms with van der Waals surface area (Å²) in [5, 5.41) is 0. The van der Waals surface area contributed by atoms with Crippen molar-refractivity contribution in [1.29, 1.82) is 0 Å². The molecule has 0 amide bonds. The predicted octanol–water partition coefficient (Wildman–Crippen LogP) is 2.23. The number of ether oxygens (including phenoxy) is 1. The highest BCUT2D eigenvalue weighted by Gasteiger charge is 2.04. The standard InChI is InChI=1S/C11H13O2/c1-3-5-9-6-4-7-10(8-9)11(12)13-2/h6-8H,3,5H2,1-2H3. The summed E-state index contributed by atoms with van der Waals surface area (Å²) in [6, 6.07) is 8.32. The predicted molar refractivity (Wildman–Crippen MR) is 50.6 cm³/mol. The van der Waals surface area contributed by atoms with Gasteiger partial charge in [-0.15, -0.1) is 0 Å². The number of carbonyl (C=O) groups is 1. The molecule has 1 aromatic carbocycles. The van der Waals surface area contributed by atoms with Crippen molar-refractivity contribution in [1.82, 2.24) is 0 Å². The monoisotopic (exact) mass is 177 g/mol. The zero-order valence-corrected chi connectivity index (χ0v) is 7.96. The Balaban J connectivity index is 2.85. The first kappa shape index (κ1) is 9.78. The maximum atomic E-state index is 11.1. The number of esters is 1. The molecule has 1 radical (unpaired) electrons. The second-order valence-electron chi connectivity index (χ2n) is 2.87. The van der Waals surface area contributed by atoms with E-state index in [0.29, 0.717) is 5.56 Å². The number of methoxy groups -OCH3 is 1. The van der Waals surface area contributed by atoms with Crippen molar-refractivity contribution < 1.29 is 9.53 Å². The van der Waals surface area contributed by atoms with Crippen LogP contribution in [-0.4, -0.2) is 13.1 Å². The Hall–Kier alpha value is -1.31. The van der Waals surface area contributed by atoms with E-state index < -0.39 is 0 Å². The van der Waals surface area contributed by atoms with Crippen molar-refractivity contribution in [3.8, 4) is 0 Å². The Morgan fingerprint density at radius 2 is 2.31 bits per heavy atom. The van der Waals surface area contributed by atoms with Crippen LogP contribution in [0.3, 0.4) is 0 Å². The molecule has 0 spiro atoms. The van der Waals surface area contributed by atoms with Gasteiger partial charge < -0.3 is 4.74 Å². The quantitative estimate of drug-likeness (QED) is 0.662. The molecule has 1 aromatic rings. The van der Waals surface area contributed by atoms with E-state index in [1.54, 1.807) is 6.07 Å². The lowest BCUT2D eigenvalue weighted by molar-refractivity contribution is 0.0600. The molecule has 0 aliphatic carbocycles. The summed E-state index contributed by atoms with van der Waals surface area (Å²) >= 11 is 0. The molecule has 1 rings (SSSR count). The molecule has 0 aliphatic rings. The lowest BCUT2D eigenvalue weighted by Crippen LogP contribution is -2.01. The van der Waals surface area contributed by atoms with E-state index in [1.807, 2.05) is 12.1 Å². The van der Waals surface area contributed by atoms with Crippen LogP contribution < -0.4 is 0 Å². The smallest absolute Gasteiger partial charge is 0.337 e. The van der Waals surface area contributed by atoms with E-state index in [9.17, 15) is 4.79 Å². The van der Waals surface area contributed by atoms with Crippen molar-refractivity contribution in [3.63, 3.8) is 0 Å². The van der Waals surface area contributed by atoms with Crippen LogP contribution in [0.5, 0.6) is 0 Å². The van der Waals surface area contributed by atoms with E-state index in [2.05, 4.69) is 17.7 Å². The highest BCUT2D eigenvalue weighted by Crippen LogP contribution is 2.07. The van der Waals surface area contributed by atoms with Crippen LogP contribution in [0.15, 0.2) is 18.2 Å². The Kier molecular flexibility index (Phi) is 3.50. The summed E-state index contributed by atoms with van der Waals surface area (Å²) in [5.41, 5.74) is 1.71. The second kappa shape index (κ2) is 4.65. The topological polar surface area (TPSA) is 26.3 Å². The molecule has 0 aromatic heterocycles. The Labute approximate surface area is 78.5 Å². The van der Waals surface area contributed by atoms with E-state index >= 15 is 0 Å². The lowest BCUT2D eigenvalue weighted by atomic mass is 10.1. The van der Waals surface area contributed by atoms with Gasteiger partial charge in [-0.3, -0.25) is 0 Å². The number of aryl methyl sites for hydroxylation is 1. The molecule has 0 bridgehead atoms. The van der Waals surface area contributed by atoms with Gasteiger partial charge in [0.05, 0.1) is 12.7 Å². The van der Waals surface area contributed by atoms with Gasteiger partial charge in [-0.25, -0.2) is 4.79 Å². The van der Waals surface area contributed by atoms with E-state index in [0.717, 1.165) is 18.4 Å². The minimum Gasteiger partial charge on any atom is -0.465 e. The fraction of sp³-hybridized carbons (Fsp3) is 0.364. The summed E-state index contributed by atoms with van der Waals surface area (Å²) < 4.78 is 4.61. The molecule has 0 N–H and O–H groups in total. The van der Waals surface area contributed by atoms with Crippen LogP contribution in [0, 0.1) is 6.07 Å². The van der Waals surface area contributed by atoms with E-state index in [-0.39, 0.29) is 5.97 Å². The van der Waals surface area contributed by atoms with Crippen molar-refractivity contribution in [2.75, 3.05) is 7.11 Å². The van der Waals surface area contributed by atoms with Crippen LogP contribution in [-0.2, 0) is 11.2 Å². The number of benzene rings is 1. The van der Waals surface area contributed by atoms with Crippen LogP contribution >= 0.6 is 0 Å². The molecule has 0 saturated carbocycles. The first-order valence-corrected chi connectivity index (χ1v) is 4.36. The minimum absolute atomic E-state index is 0.297. The van der Waals surface area contributed by atoms with Crippen LogP contribution in [0.25, 0.3) is 0 Å². The molecule has 0 atom stereocenters. The summed E-state index contributed by atoms with van der Waals surface area (Å²) in [7, 11) is 1.38. The third-order valence-electron chi connectivity index (χ3n) is 1.81. The average molecular weight is 177 g/mol. The van der Waals surface area contributed by atoms with Gasteiger partial charge in [0, 0.05) is 0 Å². The average Bonchev–Trinajstić information content (AvgIpc) is 2.18. The third kappa shape index (κ3) is 2.58. The molecule has 2 nitrogen and oxygen atoms in total. The fourth-order valence-corrected chi connectivity index (χ4v) is 1.19. The zero-order valence-electron chi connectivity index (χ0n) is 7.96. The molecule has 0 unspecified atom stereocenters. The Morgan fingerprint density at radius 1 is 1.54 bits per heavy atom. The highest BCUT2D eigenvalue weighted by atomic mass is 16.5. The number of hydrogen-bond acceptors (Lipinski definition) is 2. The molecule has 0 aliphatic heterocycles. The normalized spacial score (nSPS) is 9.69. The van der Waals surface area contributed by atoms with Crippen LogP contribution in [0.1, 0.15) is 29.3 Å². The van der Waals surface area contributed by atoms with Crippen molar-refractivity contribution in [2.45, 2.75) is 19.8 Å². The maximum Gasteiger partial charge on any atom is 0.337 e. The number of hydrogen-bond donors (Lipinski definition) is 0. The molecular weight excluding hydrogens is 164 g/mol. The van der Waals surface area contributed by atoms with Crippen LogP contribution in [0.4, 0.5) is 0 Å². The number of carbonyl (C=O) groups excluding carboxylic acids is 1. The molecular formula is C11H13O2. The molecule has 69 valence electrons. The molecule has 0 heterocycles. The zero-order chi connectivity index (χ0) is 9.68. The van der Waals surface area contributed by atoms with Crippen molar-refractivity contribution in [3.05, 3.63) is 35.4 Å². The fourth-order valence-electron chi connectivity index (χ4n) is 1.19. The molecule has 0 fully saturated rings. The molecule has 13 heavy (non-hydrogen) atoms. The molecule has 2 heteroatoms. The van der Waals surface area contributed by atoms with E-state index in [1.165, 1.54) is 7.11 Å². The summed E-state index contributed by atoms with van der Waals surface area (Å²) in [5.74, 6) is -0.297. The van der Waals surface area contributed by atoms with Crippen molar-refractivity contribution in [2.24, 2.45) is 0 Å². The van der Waals surface area contributed by atoms with Gasteiger partial charge in [0.1, 0.15) is 0 Å². The highest BCUT2D eigenvalue weighted by molar-refractivity contribution is 5.89. The summed E-state index contributed by atoms with van der Waals surface area (Å²) in [6.07, 6.45) is 2.04.